The van der Waals surface area contributed by atoms with E-state index in [2.05, 4.69) is 10.2 Å². The third-order valence-electron chi connectivity index (χ3n) is 8.09. The van der Waals surface area contributed by atoms with Crippen LogP contribution < -0.4 is 14.2 Å². The van der Waals surface area contributed by atoms with Gasteiger partial charge in [0.25, 0.3) is 5.91 Å². The molecule has 8 nitrogen and oxygen atoms in total. The number of H-pyrrole nitrogens is 1. The van der Waals surface area contributed by atoms with E-state index in [1.54, 1.807) is 20.3 Å². The third-order valence-corrected chi connectivity index (χ3v) is 8.09. The fraction of sp³-hybridized carbons (Fsp3) is 0.222. The van der Waals surface area contributed by atoms with Gasteiger partial charge in [-0.15, -0.1) is 0 Å². The summed E-state index contributed by atoms with van der Waals surface area (Å²) >= 11 is 0. The van der Waals surface area contributed by atoms with E-state index in [9.17, 15) is 9.90 Å². The van der Waals surface area contributed by atoms with Gasteiger partial charge in [-0.3, -0.25) is 9.89 Å². The lowest BCUT2D eigenvalue weighted by atomic mass is 9.93. The molecule has 44 heavy (non-hydrogen) atoms. The van der Waals surface area contributed by atoms with Crippen LogP contribution in [0.25, 0.3) is 11.3 Å². The Morgan fingerprint density at radius 3 is 2.34 bits per heavy atom. The summed E-state index contributed by atoms with van der Waals surface area (Å²) in [7, 11) is 3.22. The van der Waals surface area contributed by atoms with Gasteiger partial charge in [0.05, 0.1) is 20.3 Å². The topological polar surface area (TPSA) is 96.9 Å². The summed E-state index contributed by atoms with van der Waals surface area (Å²) in [5, 5.41) is 18.6. The van der Waals surface area contributed by atoms with Crippen LogP contribution in [0.5, 0.6) is 23.0 Å². The summed E-state index contributed by atoms with van der Waals surface area (Å²) in [6.07, 6.45) is 0.600. The molecule has 4 aromatic carbocycles. The Morgan fingerprint density at radius 2 is 1.64 bits per heavy atom. The van der Waals surface area contributed by atoms with Crippen molar-refractivity contribution in [3.05, 3.63) is 124 Å². The summed E-state index contributed by atoms with van der Waals surface area (Å²) in [5.41, 5.74) is 7.23. The number of methoxy groups -OCH3 is 2. The van der Waals surface area contributed by atoms with E-state index in [1.165, 1.54) is 0 Å². The standard InChI is InChI=1S/C36H35N3O5/c1-22-18-23(2)31(28(40)19-22)33-32-34(38-37-33)36(41)39(17-16-24-10-15-29(42-3)30(20-24)43-4)35(32)26-11-13-27(14-12-26)44-21-25-8-6-5-7-9-25/h5-15,18-20,35,40H,16-17,21H2,1-4H3,(H,37,38). The van der Waals surface area contributed by atoms with Gasteiger partial charge in [-0.25, -0.2) is 0 Å². The number of aryl methyl sites for hydroxylation is 2. The molecule has 1 amide bonds. The van der Waals surface area contributed by atoms with E-state index >= 15 is 0 Å². The van der Waals surface area contributed by atoms with Crippen molar-refractivity contribution in [2.45, 2.75) is 32.9 Å². The first-order valence-corrected chi connectivity index (χ1v) is 14.5. The average Bonchev–Trinajstić information content (AvgIpc) is 3.57. The average molecular weight is 590 g/mol. The maximum Gasteiger partial charge on any atom is 0.273 e. The highest BCUT2D eigenvalue weighted by atomic mass is 16.5. The Kier molecular flexibility index (Phi) is 7.98. The van der Waals surface area contributed by atoms with Gasteiger partial charge < -0.3 is 24.2 Å². The molecule has 0 saturated carbocycles. The maximum absolute atomic E-state index is 13.9. The van der Waals surface area contributed by atoms with E-state index in [4.69, 9.17) is 14.2 Å². The predicted molar refractivity (Wildman–Crippen MR) is 169 cm³/mol. The Bertz CT molecular complexity index is 1770. The van der Waals surface area contributed by atoms with Crippen molar-refractivity contribution in [1.29, 1.82) is 0 Å². The molecule has 1 atom stereocenters. The summed E-state index contributed by atoms with van der Waals surface area (Å²) < 4.78 is 16.9. The minimum Gasteiger partial charge on any atom is -0.507 e. The van der Waals surface area contributed by atoms with Crippen molar-refractivity contribution < 1.29 is 24.1 Å². The lowest BCUT2D eigenvalue weighted by Crippen LogP contribution is -2.31. The number of nitrogens with one attached hydrogen (secondary N) is 1. The second-order valence-corrected chi connectivity index (χ2v) is 11.0. The lowest BCUT2D eigenvalue weighted by Gasteiger charge is -2.27. The van der Waals surface area contributed by atoms with Gasteiger partial charge in [0.15, 0.2) is 11.5 Å². The lowest BCUT2D eigenvalue weighted by molar-refractivity contribution is 0.0746. The molecule has 0 aliphatic carbocycles. The maximum atomic E-state index is 13.9. The number of nitrogens with zero attached hydrogens (tertiary/aromatic N) is 2. The quantitative estimate of drug-likeness (QED) is 0.186. The largest absolute Gasteiger partial charge is 0.507 e. The van der Waals surface area contributed by atoms with E-state index in [-0.39, 0.29) is 11.7 Å². The highest BCUT2D eigenvalue weighted by Crippen LogP contribution is 2.46. The van der Waals surface area contributed by atoms with Crippen LogP contribution in [0.4, 0.5) is 0 Å². The van der Waals surface area contributed by atoms with Gasteiger partial charge in [0.1, 0.15) is 29.5 Å². The molecule has 0 spiro atoms. The highest BCUT2D eigenvalue weighted by Gasteiger charge is 2.42. The molecule has 0 saturated heterocycles. The number of carbonyl (C=O) groups is 1. The molecule has 2 N–H and O–H groups in total. The van der Waals surface area contributed by atoms with Crippen molar-refractivity contribution in [1.82, 2.24) is 15.1 Å². The van der Waals surface area contributed by atoms with Crippen LogP contribution in [0.2, 0.25) is 0 Å². The molecule has 0 radical (unpaired) electrons. The Morgan fingerprint density at radius 1 is 0.886 bits per heavy atom. The van der Waals surface area contributed by atoms with Crippen molar-refractivity contribution >= 4 is 5.91 Å². The second kappa shape index (κ2) is 12.2. The summed E-state index contributed by atoms with van der Waals surface area (Å²) in [5.74, 6) is 2.02. The summed E-state index contributed by atoms with van der Waals surface area (Å²) in [6.45, 7) is 4.80. The monoisotopic (exact) mass is 589 g/mol. The molecule has 5 aromatic rings. The normalized spacial score (nSPS) is 14.0. The minimum absolute atomic E-state index is 0.136. The molecule has 6 rings (SSSR count). The van der Waals surface area contributed by atoms with Crippen molar-refractivity contribution in [2.75, 3.05) is 20.8 Å². The van der Waals surface area contributed by atoms with E-state index in [0.29, 0.717) is 48.0 Å². The number of amides is 1. The zero-order chi connectivity index (χ0) is 30.8. The van der Waals surface area contributed by atoms with Crippen LogP contribution in [0.1, 0.15) is 49.9 Å². The summed E-state index contributed by atoms with van der Waals surface area (Å²) in [4.78, 5) is 15.8. The van der Waals surface area contributed by atoms with Gasteiger partial charge in [-0.2, -0.15) is 5.10 Å². The number of aromatic nitrogens is 2. The van der Waals surface area contributed by atoms with Gasteiger partial charge in [0, 0.05) is 17.7 Å². The molecular formula is C36H35N3O5. The molecule has 0 bridgehead atoms. The number of rotatable bonds is 10. The summed E-state index contributed by atoms with van der Waals surface area (Å²) in [6, 6.07) is 27.0. The van der Waals surface area contributed by atoms with E-state index < -0.39 is 6.04 Å². The van der Waals surface area contributed by atoms with Gasteiger partial charge >= 0.3 is 0 Å². The molecular weight excluding hydrogens is 554 g/mol. The SMILES string of the molecule is COc1ccc(CCN2C(=O)c3[nH]nc(-c4c(C)cc(C)cc4O)c3C2c2ccc(OCc3ccccc3)cc2)cc1OC. The zero-order valence-corrected chi connectivity index (χ0v) is 25.3. The Labute approximate surface area is 256 Å². The number of phenolic OH excluding ortho intramolecular Hbond substituents is 1. The molecule has 1 aromatic heterocycles. The van der Waals surface area contributed by atoms with Gasteiger partial charge in [-0.05, 0) is 78.4 Å². The number of hydrogen-bond donors (Lipinski definition) is 2. The van der Waals surface area contributed by atoms with E-state index in [1.807, 2.05) is 97.6 Å². The van der Waals surface area contributed by atoms with Gasteiger partial charge in [0.2, 0.25) is 0 Å². The van der Waals surface area contributed by atoms with Crippen molar-refractivity contribution in [3.63, 3.8) is 0 Å². The van der Waals surface area contributed by atoms with Gasteiger partial charge in [-0.1, -0.05) is 54.6 Å². The van der Waals surface area contributed by atoms with Crippen molar-refractivity contribution in [2.24, 2.45) is 0 Å². The minimum atomic E-state index is -0.422. The molecule has 2 heterocycles. The number of phenols is 1. The first-order chi connectivity index (χ1) is 21.4. The first-order valence-electron chi connectivity index (χ1n) is 14.5. The Hall–Kier alpha value is -5.24. The van der Waals surface area contributed by atoms with E-state index in [0.717, 1.165) is 39.1 Å². The van der Waals surface area contributed by atoms with Crippen LogP contribution in [0.3, 0.4) is 0 Å². The Balaban J connectivity index is 1.35. The number of aromatic hydroxyl groups is 1. The van der Waals surface area contributed by atoms with Crippen LogP contribution in [0, 0.1) is 13.8 Å². The second-order valence-electron chi connectivity index (χ2n) is 11.0. The van der Waals surface area contributed by atoms with Crippen LogP contribution in [-0.4, -0.2) is 46.9 Å². The van der Waals surface area contributed by atoms with Crippen LogP contribution in [-0.2, 0) is 13.0 Å². The fourth-order valence-electron chi connectivity index (χ4n) is 5.99. The molecule has 1 aliphatic heterocycles. The number of carbonyl (C=O) groups excluding carboxylic acids is 1. The highest BCUT2D eigenvalue weighted by molar-refractivity contribution is 6.00. The molecule has 1 unspecified atom stereocenters. The number of ether oxygens (including phenoxy) is 3. The predicted octanol–water partition coefficient (Wildman–Crippen LogP) is 6.78. The molecule has 224 valence electrons. The smallest absolute Gasteiger partial charge is 0.273 e. The third kappa shape index (κ3) is 5.46. The van der Waals surface area contributed by atoms with Crippen molar-refractivity contribution in [3.8, 4) is 34.3 Å². The van der Waals surface area contributed by atoms with Crippen LogP contribution >= 0.6 is 0 Å². The number of benzene rings is 4. The number of aromatic amines is 1. The number of fused-ring (bicyclic) bond motifs is 1. The fourth-order valence-corrected chi connectivity index (χ4v) is 5.99. The number of hydrogen-bond acceptors (Lipinski definition) is 6. The molecule has 8 heteroatoms. The first kappa shape index (κ1) is 28.9. The molecule has 1 aliphatic rings. The molecule has 0 fully saturated rings. The van der Waals surface area contributed by atoms with Crippen LogP contribution in [0.15, 0.2) is 84.9 Å². The zero-order valence-electron chi connectivity index (χ0n) is 25.3.